The molecule has 1 atom stereocenters. The number of anilines is 2. The van der Waals surface area contributed by atoms with Crippen molar-refractivity contribution in [3.63, 3.8) is 0 Å². The van der Waals surface area contributed by atoms with Gasteiger partial charge in [-0.2, -0.15) is 4.99 Å². The molecule has 0 aliphatic carbocycles. The summed E-state index contributed by atoms with van der Waals surface area (Å²) < 4.78 is 5.53. The molecule has 2 aliphatic heterocycles. The van der Waals surface area contributed by atoms with Crippen molar-refractivity contribution in [2.24, 2.45) is 21.6 Å². The van der Waals surface area contributed by atoms with E-state index in [1.807, 2.05) is 54.6 Å². The molecule has 2 aliphatic rings. The lowest BCUT2D eigenvalue weighted by Gasteiger charge is -2.39. The molecule has 1 unspecified atom stereocenters. The quantitative estimate of drug-likeness (QED) is 0.401. The Bertz CT molecular complexity index is 1330. The van der Waals surface area contributed by atoms with Crippen molar-refractivity contribution in [2.45, 2.75) is 13.1 Å². The van der Waals surface area contributed by atoms with E-state index in [0.717, 1.165) is 24.2 Å². The third-order valence-corrected chi connectivity index (χ3v) is 5.82. The molecule has 176 valence electrons. The van der Waals surface area contributed by atoms with Gasteiger partial charge in [0.05, 0.1) is 17.0 Å². The first-order valence-corrected chi connectivity index (χ1v) is 11.3. The molecule has 2 aromatic carbocycles. The topological polar surface area (TPSA) is 129 Å². The van der Waals surface area contributed by atoms with Gasteiger partial charge in [0.15, 0.2) is 0 Å². The number of hydrogen-bond acceptors (Lipinski definition) is 7. The molecule has 0 spiro atoms. The van der Waals surface area contributed by atoms with Gasteiger partial charge in [0.2, 0.25) is 12.1 Å². The highest BCUT2D eigenvalue weighted by molar-refractivity contribution is 6.19. The molecular formula is C26H25N7O2. The van der Waals surface area contributed by atoms with Gasteiger partial charge in [-0.1, -0.05) is 55.5 Å². The number of rotatable bonds is 4. The SMILES string of the molecule is CC1CN(c2ncccc2C(=N)OC(N)=NC2N=C(c3ccccc3)c3ccccc3NC2=O)C1. The summed E-state index contributed by atoms with van der Waals surface area (Å²) in [4.78, 5) is 28.3. The number of aliphatic imine (C=N–C) groups is 2. The van der Waals surface area contributed by atoms with E-state index in [0.29, 0.717) is 28.7 Å². The van der Waals surface area contributed by atoms with Gasteiger partial charge in [-0.3, -0.25) is 10.2 Å². The summed E-state index contributed by atoms with van der Waals surface area (Å²) in [7, 11) is 0. The minimum atomic E-state index is -1.19. The summed E-state index contributed by atoms with van der Waals surface area (Å²) in [6, 6.07) is 20.2. The fraction of sp³-hybridized carbons (Fsp3) is 0.192. The molecule has 3 aromatic rings. The zero-order chi connectivity index (χ0) is 24.4. The maximum absolute atomic E-state index is 13.0. The Kier molecular flexibility index (Phi) is 5.97. The monoisotopic (exact) mass is 467 g/mol. The summed E-state index contributed by atoms with van der Waals surface area (Å²) in [5, 5.41) is 11.3. The number of benzodiazepines with no additional fused rings is 1. The van der Waals surface area contributed by atoms with E-state index >= 15 is 0 Å². The molecule has 35 heavy (non-hydrogen) atoms. The fourth-order valence-corrected chi connectivity index (χ4v) is 4.16. The molecule has 0 radical (unpaired) electrons. The largest absolute Gasteiger partial charge is 0.407 e. The van der Waals surface area contributed by atoms with E-state index in [9.17, 15) is 4.79 Å². The number of nitrogens with zero attached hydrogens (tertiary/aromatic N) is 4. The van der Waals surface area contributed by atoms with Crippen LogP contribution in [0.1, 0.15) is 23.6 Å². The van der Waals surface area contributed by atoms with Gasteiger partial charge in [0, 0.05) is 30.4 Å². The first kappa shape index (κ1) is 22.3. The highest BCUT2D eigenvalue weighted by atomic mass is 16.5. The van der Waals surface area contributed by atoms with Crippen molar-refractivity contribution in [1.29, 1.82) is 5.41 Å². The minimum Gasteiger partial charge on any atom is -0.407 e. The first-order valence-electron chi connectivity index (χ1n) is 11.3. The number of aromatic nitrogens is 1. The summed E-state index contributed by atoms with van der Waals surface area (Å²) >= 11 is 0. The summed E-state index contributed by atoms with van der Waals surface area (Å²) in [6.07, 6.45) is 0.495. The number of pyridine rings is 1. The van der Waals surface area contributed by atoms with Gasteiger partial charge >= 0.3 is 0 Å². The van der Waals surface area contributed by atoms with Gasteiger partial charge in [-0.05, 0) is 24.1 Å². The Morgan fingerprint density at radius 2 is 1.86 bits per heavy atom. The molecule has 1 saturated heterocycles. The second-order valence-corrected chi connectivity index (χ2v) is 8.54. The third-order valence-electron chi connectivity index (χ3n) is 5.82. The Balaban J connectivity index is 1.43. The summed E-state index contributed by atoms with van der Waals surface area (Å²) in [5.41, 5.74) is 9.41. The van der Waals surface area contributed by atoms with Crippen LogP contribution in [0.25, 0.3) is 0 Å². The van der Waals surface area contributed by atoms with Crippen LogP contribution in [0.5, 0.6) is 0 Å². The Morgan fingerprint density at radius 1 is 1.11 bits per heavy atom. The number of carbonyl (C=O) groups excluding carboxylic acids is 1. The van der Waals surface area contributed by atoms with E-state index in [4.69, 9.17) is 15.9 Å². The Morgan fingerprint density at radius 3 is 2.63 bits per heavy atom. The van der Waals surface area contributed by atoms with E-state index in [1.54, 1.807) is 18.3 Å². The van der Waals surface area contributed by atoms with Crippen LogP contribution in [0.2, 0.25) is 0 Å². The number of para-hydroxylation sites is 1. The standard InChI is InChI=1S/C26H25N7O2/c1-16-14-33(15-16)24-19(11-7-13-29-24)22(27)35-26(28)32-23-25(34)30-20-12-6-5-10-18(20)21(31-23)17-8-3-2-4-9-17/h2-13,16,23,27H,14-15H2,1H3,(H2,28,32)(H,30,34). The number of benzene rings is 2. The van der Waals surface area contributed by atoms with Crippen molar-refractivity contribution in [3.05, 3.63) is 89.6 Å². The number of ether oxygens (including phenoxy) is 1. The Hall–Kier alpha value is -4.53. The van der Waals surface area contributed by atoms with Crippen LogP contribution in [0.4, 0.5) is 11.5 Å². The van der Waals surface area contributed by atoms with Gasteiger partial charge in [-0.15, -0.1) is 0 Å². The van der Waals surface area contributed by atoms with E-state index in [1.165, 1.54) is 0 Å². The minimum absolute atomic E-state index is 0.196. The molecule has 0 saturated carbocycles. The summed E-state index contributed by atoms with van der Waals surface area (Å²) in [5.74, 6) is 0.591. The average Bonchev–Trinajstić information content (AvgIpc) is 2.98. The molecule has 1 aromatic heterocycles. The van der Waals surface area contributed by atoms with Crippen molar-refractivity contribution in [1.82, 2.24) is 4.98 Å². The smallest absolute Gasteiger partial charge is 0.291 e. The number of amidine groups is 1. The number of nitrogens with one attached hydrogen (secondary N) is 2. The van der Waals surface area contributed by atoms with E-state index in [2.05, 4.69) is 32.1 Å². The predicted octanol–water partition coefficient (Wildman–Crippen LogP) is 3.01. The third kappa shape index (κ3) is 4.61. The lowest BCUT2D eigenvalue weighted by molar-refractivity contribution is -0.117. The van der Waals surface area contributed by atoms with Gasteiger partial charge in [0.25, 0.3) is 11.9 Å². The first-order chi connectivity index (χ1) is 17.0. The van der Waals surface area contributed by atoms with Crippen molar-refractivity contribution < 1.29 is 9.53 Å². The lowest BCUT2D eigenvalue weighted by atomic mass is 10.0. The highest BCUT2D eigenvalue weighted by Gasteiger charge is 2.28. The van der Waals surface area contributed by atoms with Crippen molar-refractivity contribution in [3.8, 4) is 0 Å². The highest BCUT2D eigenvalue weighted by Crippen LogP contribution is 2.27. The second-order valence-electron chi connectivity index (χ2n) is 8.54. The average molecular weight is 468 g/mol. The number of nitrogens with two attached hydrogens (primary N) is 1. The van der Waals surface area contributed by atoms with Crippen LogP contribution in [-0.4, -0.2) is 47.8 Å². The van der Waals surface area contributed by atoms with Gasteiger partial charge in [0.1, 0.15) is 5.82 Å². The second kappa shape index (κ2) is 9.38. The molecule has 9 nitrogen and oxygen atoms in total. The molecule has 4 N–H and O–H groups in total. The van der Waals surface area contributed by atoms with Gasteiger partial charge in [-0.25, -0.2) is 9.98 Å². The van der Waals surface area contributed by atoms with Crippen LogP contribution < -0.4 is 16.0 Å². The van der Waals surface area contributed by atoms with Crippen LogP contribution in [0, 0.1) is 11.3 Å². The normalized spacial score (nSPS) is 18.0. The number of carbonyl (C=O) groups is 1. The molecule has 9 heteroatoms. The molecular weight excluding hydrogens is 442 g/mol. The van der Waals surface area contributed by atoms with Crippen molar-refractivity contribution >= 4 is 35.0 Å². The van der Waals surface area contributed by atoms with Crippen LogP contribution in [0.3, 0.4) is 0 Å². The zero-order valence-corrected chi connectivity index (χ0v) is 19.2. The van der Waals surface area contributed by atoms with Crippen molar-refractivity contribution in [2.75, 3.05) is 23.3 Å². The molecule has 1 amide bonds. The van der Waals surface area contributed by atoms with E-state index in [-0.39, 0.29) is 11.9 Å². The van der Waals surface area contributed by atoms with Crippen LogP contribution in [0.15, 0.2) is 82.9 Å². The lowest BCUT2D eigenvalue weighted by Crippen LogP contribution is -2.46. The fourth-order valence-electron chi connectivity index (χ4n) is 4.16. The van der Waals surface area contributed by atoms with Crippen LogP contribution >= 0.6 is 0 Å². The number of hydrogen-bond donors (Lipinski definition) is 3. The predicted molar refractivity (Wildman–Crippen MR) is 136 cm³/mol. The van der Waals surface area contributed by atoms with Crippen LogP contribution in [-0.2, 0) is 9.53 Å². The number of amides is 1. The molecule has 0 bridgehead atoms. The molecule has 1 fully saturated rings. The molecule has 5 rings (SSSR count). The van der Waals surface area contributed by atoms with Gasteiger partial charge < -0.3 is 20.7 Å². The Labute approximate surface area is 202 Å². The number of fused-ring (bicyclic) bond motifs is 1. The van der Waals surface area contributed by atoms with E-state index < -0.39 is 12.1 Å². The summed E-state index contributed by atoms with van der Waals surface area (Å²) in [6.45, 7) is 3.88. The maximum Gasteiger partial charge on any atom is 0.291 e. The maximum atomic E-state index is 13.0. The molecule has 3 heterocycles. The zero-order valence-electron chi connectivity index (χ0n) is 19.2.